The molecule has 22 heavy (non-hydrogen) atoms. The van der Waals surface area contributed by atoms with Gasteiger partial charge in [-0.05, 0) is 24.3 Å². The summed E-state index contributed by atoms with van der Waals surface area (Å²) in [6, 6.07) is 7.70. The molecule has 0 aliphatic carbocycles. The Labute approximate surface area is 130 Å². The predicted molar refractivity (Wildman–Crippen MR) is 82.5 cm³/mol. The van der Waals surface area contributed by atoms with Crippen LogP contribution in [-0.4, -0.2) is 21.6 Å². The largest absolute Gasteiger partial charge is 0.484 e. The highest BCUT2D eigenvalue weighted by molar-refractivity contribution is 6.30. The lowest BCUT2D eigenvalue weighted by Crippen LogP contribution is -2.38. The third kappa shape index (κ3) is 3.56. The van der Waals surface area contributed by atoms with Crippen molar-refractivity contribution < 1.29 is 9.53 Å². The molecular formula is C14H14ClN3O4. The number of benzene rings is 1. The van der Waals surface area contributed by atoms with Gasteiger partial charge in [-0.1, -0.05) is 11.6 Å². The molecule has 0 spiro atoms. The topological polar surface area (TPSA) is 82.3 Å². The smallest absolute Gasteiger partial charge is 0.332 e. The highest BCUT2D eigenvalue weighted by Gasteiger charge is 2.09. The first kappa shape index (κ1) is 15.8. The standard InChI is InChI=1S/C14H14ClN3O4/c1-17-11(7-13(20)18(2)14(17)21)16-12(19)8-22-10-5-3-9(15)4-6-10/h3-7H,8H2,1-2H3,(H,16,19). The molecule has 0 saturated heterocycles. The number of ether oxygens (including phenoxy) is 1. The summed E-state index contributed by atoms with van der Waals surface area (Å²) in [7, 11) is 2.82. The van der Waals surface area contributed by atoms with Crippen molar-refractivity contribution in [1.82, 2.24) is 9.13 Å². The van der Waals surface area contributed by atoms with Crippen molar-refractivity contribution >= 4 is 23.3 Å². The summed E-state index contributed by atoms with van der Waals surface area (Å²) in [6.07, 6.45) is 0. The molecule has 0 bridgehead atoms. The molecule has 8 heteroatoms. The third-order valence-electron chi connectivity index (χ3n) is 2.98. The molecule has 1 amide bonds. The molecule has 1 N–H and O–H groups in total. The van der Waals surface area contributed by atoms with Gasteiger partial charge < -0.3 is 10.1 Å². The summed E-state index contributed by atoms with van der Waals surface area (Å²) in [5.74, 6) is 0.105. The van der Waals surface area contributed by atoms with Crippen LogP contribution in [0.2, 0.25) is 5.02 Å². The Balaban J connectivity index is 2.05. The maximum absolute atomic E-state index is 11.8. The monoisotopic (exact) mass is 323 g/mol. The highest BCUT2D eigenvalue weighted by Crippen LogP contribution is 2.15. The quantitative estimate of drug-likeness (QED) is 0.900. The van der Waals surface area contributed by atoms with Crippen LogP contribution in [0.15, 0.2) is 39.9 Å². The van der Waals surface area contributed by atoms with Crippen LogP contribution in [0.3, 0.4) is 0 Å². The Morgan fingerprint density at radius 1 is 1.18 bits per heavy atom. The Bertz CT molecular complexity index is 808. The molecule has 1 aromatic heterocycles. The van der Waals surface area contributed by atoms with Crippen LogP contribution >= 0.6 is 11.6 Å². The minimum Gasteiger partial charge on any atom is -0.484 e. The Morgan fingerprint density at radius 3 is 2.45 bits per heavy atom. The van der Waals surface area contributed by atoms with Gasteiger partial charge in [-0.15, -0.1) is 0 Å². The van der Waals surface area contributed by atoms with Crippen molar-refractivity contribution in [2.24, 2.45) is 14.1 Å². The minimum absolute atomic E-state index is 0.109. The van der Waals surface area contributed by atoms with Gasteiger partial charge in [0.2, 0.25) is 0 Å². The summed E-state index contributed by atoms with van der Waals surface area (Å²) < 4.78 is 7.39. The van der Waals surface area contributed by atoms with Gasteiger partial charge >= 0.3 is 5.69 Å². The first-order valence-electron chi connectivity index (χ1n) is 6.34. The Morgan fingerprint density at radius 2 is 1.82 bits per heavy atom. The van der Waals surface area contributed by atoms with E-state index in [0.717, 1.165) is 4.57 Å². The number of rotatable bonds is 4. The van der Waals surface area contributed by atoms with Gasteiger partial charge in [-0.2, -0.15) is 0 Å². The SMILES string of the molecule is Cn1c(NC(=O)COc2ccc(Cl)cc2)cc(=O)n(C)c1=O. The fraction of sp³-hybridized carbons (Fsp3) is 0.214. The third-order valence-corrected chi connectivity index (χ3v) is 3.23. The summed E-state index contributed by atoms with van der Waals surface area (Å²) >= 11 is 5.74. The predicted octanol–water partition coefficient (Wildman–Crippen LogP) is 0.755. The van der Waals surface area contributed by atoms with Crippen LogP contribution in [0.25, 0.3) is 0 Å². The number of hydrogen-bond acceptors (Lipinski definition) is 4. The van der Waals surface area contributed by atoms with Crippen molar-refractivity contribution in [2.75, 3.05) is 11.9 Å². The minimum atomic E-state index is -0.526. The Kier molecular flexibility index (Phi) is 4.67. The second kappa shape index (κ2) is 6.48. The number of hydrogen-bond donors (Lipinski definition) is 1. The van der Waals surface area contributed by atoms with E-state index in [2.05, 4.69) is 5.32 Å². The number of amides is 1. The van der Waals surface area contributed by atoms with Gasteiger partial charge in [0.25, 0.3) is 11.5 Å². The molecule has 0 aliphatic heterocycles. The average molecular weight is 324 g/mol. The lowest BCUT2D eigenvalue weighted by Gasteiger charge is -2.11. The number of nitrogens with one attached hydrogen (secondary N) is 1. The molecule has 0 unspecified atom stereocenters. The number of anilines is 1. The van der Waals surface area contributed by atoms with Crippen LogP contribution < -0.4 is 21.3 Å². The second-order valence-corrected chi connectivity index (χ2v) is 5.00. The van der Waals surface area contributed by atoms with Gasteiger partial charge in [0.1, 0.15) is 11.6 Å². The molecular weight excluding hydrogens is 310 g/mol. The number of carbonyl (C=O) groups is 1. The van der Waals surface area contributed by atoms with Gasteiger partial charge in [0.15, 0.2) is 6.61 Å². The lowest BCUT2D eigenvalue weighted by molar-refractivity contribution is -0.118. The van der Waals surface area contributed by atoms with Crippen LogP contribution in [-0.2, 0) is 18.9 Å². The molecule has 116 valence electrons. The average Bonchev–Trinajstić information content (AvgIpc) is 2.50. The van der Waals surface area contributed by atoms with E-state index in [1.54, 1.807) is 24.3 Å². The zero-order chi connectivity index (χ0) is 16.3. The number of aromatic nitrogens is 2. The number of carbonyl (C=O) groups excluding carboxylic acids is 1. The van der Waals surface area contributed by atoms with E-state index in [0.29, 0.717) is 10.8 Å². The van der Waals surface area contributed by atoms with Crippen molar-refractivity contribution in [3.8, 4) is 5.75 Å². The van der Waals surface area contributed by atoms with Gasteiger partial charge in [-0.25, -0.2) is 4.79 Å². The summed E-state index contributed by atoms with van der Waals surface area (Å²) in [5, 5.41) is 3.02. The first-order chi connectivity index (χ1) is 10.4. The van der Waals surface area contributed by atoms with Crippen LogP contribution in [0, 0.1) is 0 Å². The van der Waals surface area contributed by atoms with E-state index in [-0.39, 0.29) is 12.4 Å². The zero-order valence-corrected chi connectivity index (χ0v) is 12.8. The van der Waals surface area contributed by atoms with E-state index >= 15 is 0 Å². The normalized spacial score (nSPS) is 10.3. The molecule has 1 aromatic carbocycles. The molecule has 1 heterocycles. The first-order valence-corrected chi connectivity index (χ1v) is 6.71. The van der Waals surface area contributed by atoms with E-state index in [1.807, 2.05) is 0 Å². The molecule has 7 nitrogen and oxygen atoms in total. The molecule has 0 radical (unpaired) electrons. The fourth-order valence-corrected chi connectivity index (χ4v) is 1.84. The molecule has 2 rings (SSSR count). The molecule has 0 aliphatic rings. The number of nitrogens with zero attached hydrogens (tertiary/aromatic N) is 2. The maximum atomic E-state index is 11.8. The lowest BCUT2D eigenvalue weighted by atomic mass is 10.3. The Hall–Kier alpha value is -2.54. The molecule has 2 aromatic rings. The van der Waals surface area contributed by atoms with Crippen molar-refractivity contribution in [3.05, 3.63) is 56.2 Å². The molecule has 0 atom stereocenters. The van der Waals surface area contributed by atoms with Crippen LogP contribution in [0.5, 0.6) is 5.75 Å². The van der Waals surface area contributed by atoms with E-state index in [1.165, 1.54) is 24.7 Å². The summed E-state index contributed by atoms with van der Waals surface area (Å²) in [6.45, 7) is -0.259. The highest BCUT2D eigenvalue weighted by atomic mass is 35.5. The van der Waals surface area contributed by atoms with E-state index in [9.17, 15) is 14.4 Å². The van der Waals surface area contributed by atoms with E-state index < -0.39 is 17.2 Å². The van der Waals surface area contributed by atoms with Crippen molar-refractivity contribution in [2.45, 2.75) is 0 Å². The van der Waals surface area contributed by atoms with Crippen LogP contribution in [0.1, 0.15) is 0 Å². The van der Waals surface area contributed by atoms with Crippen molar-refractivity contribution in [1.29, 1.82) is 0 Å². The van der Waals surface area contributed by atoms with E-state index in [4.69, 9.17) is 16.3 Å². The van der Waals surface area contributed by atoms with Crippen LogP contribution in [0.4, 0.5) is 5.82 Å². The summed E-state index contributed by atoms with van der Waals surface area (Å²) in [4.78, 5) is 35.1. The molecule has 0 fully saturated rings. The van der Waals surface area contributed by atoms with Gasteiger partial charge in [0.05, 0.1) is 0 Å². The molecule has 0 saturated carbocycles. The fourth-order valence-electron chi connectivity index (χ4n) is 1.71. The van der Waals surface area contributed by atoms with Gasteiger partial charge in [-0.3, -0.25) is 18.7 Å². The zero-order valence-electron chi connectivity index (χ0n) is 12.0. The van der Waals surface area contributed by atoms with Crippen molar-refractivity contribution in [3.63, 3.8) is 0 Å². The maximum Gasteiger partial charge on any atom is 0.332 e. The summed E-state index contributed by atoms with van der Waals surface area (Å²) in [5.41, 5.74) is -1.03. The number of halogens is 1. The van der Waals surface area contributed by atoms with Gasteiger partial charge in [0, 0.05) is 25.2 Å². The second-order valence-electron chi connectivity index (χ2n) is 4.56.